The van der Waals surface area contributed by atoms with Crippen molar-refractivity contribution >= 4 is 6.08 Å². The van der Waals surface area contributed by atoms with E-state index in [-0.39, 0.29) is 11.5 Å². The summed E-state index contributed by atoms with van der Waals surface area (Å²) in [6.07, 6.45) is -2.55. The zero-order valence-electron chi connectivity index (χ0n) is 9.81. The molecule has 0 aliphatic carbocycles. The van der Waals surface area contributed by atoms with Crippen molar-refractivity contribution in [3.05, 3.63) is 40.1 Å². The molecule has 19 heavy (non-hydrogen) atoms. The summed E-state index contributed by atoms with van der Waals surface area (Å²) in [5, 5.41) is 10.1. The van der Waals surface area contributed by atoms with Crippen LogP contribution in [-0.4, -0.2) is 24.8 Å². The van der Waals surface area contributed by atoms with Crippen LogP contribution in [0.4, 0.5) is 13.2 Å². The van der Waals surface area contributed by atoms with Gasteiger partial charge >= 0.3 is 6.18 Å². The highest BCUT2D eigenvalue weighted by molar-refractivity contribution is 5.55. The summed E-state index contributed by atoms with van der Waals surface area (Å²) in [7, 11) is 1.26. The molecule has 0 unspecified atom stereocenters. The van der Waals surface area contributed by atoms with Gasteiger partial charge in [0.15, 0.2) is 18.1 Å². The molecule has 0 saturated heterocycles. The van der Waals surface area contributed by atoms with Crippen LogP contribution in [0.5, 0.6) is 11.5 Å². The minimum atomic E-state index is -4.45. The lowest BCUT2D eigenvalue weighted by Crippen LogP contribution is -2.19. The van der Waals surface area contributed by atoms with Gasteiger partial charge in [-0.15, -0.1) is 0 Å². The number of alkyl halides is 3. The first kappa shape index (κ1) is 14.8. The van der Waals surface area contributed by atoms with Crippen LogP contribution in [0.3, 0.4) is 0 Å². The number of hydrogen-bond acceptors (Lipinski definition) is 4. The summed E-state index contributed by atoms with van der Waals surface area (Å²) in [5.74, 6) is -0.0205. The third-order valence-electron chi connectivity index (χ3n) is 1.97. The van der Waals surface area contributed by atoms with Gasteiger partial charge in [0.2, 0.25) is 6.20 Å². The topological polar surface area (TPSA) is 61.6 Å². The van der Waals surface area contributed by atoms with E-state index < -0.39 is 17.7 Å². The van der Waals surface area contributed by atoms with E-state index in [0.717, 1.165) is 0 Å². The van der Waals surface area contributed by atoms with Crippen molar-refractivity contribution in [3.63, 3.8) is 0 Å². The van der Waals surface area contributed by atoms with Crippen LogP contribution in [0.25, 0.3) is 6.08 Å². The Labute approximate surface area is 106 Å². The fourth-order valence-corrected chi connectivity index (χ4v) is 1.21. The van der Waals surface area contributed by atoms with E-state index in [0.29, 0.717) is 11.8 Å². The smallest absolute Gasteiger partial charge is 0.422 e. The molecule has 8 heteroatoms. The Bertz CT molecular complexity index is 485. The van der Waals surface area contributed by atoms with Crippen LogP contribution in [0, 0.1) is 10.1 Å². The number of benzene rings is 1. The van der Waals surface area contributed by atoms with Crippen molar-refractivity contribution in [1.29, 1.82) is 0 Å². The van der Waals surface area contributed by atoms with Gasteiger partial charge in [0.05, 0.1) is 12.0 Å². The maximum atomic E-state index is 12.0. The molecule has 0 N–H and O–H groups in total. The van der Waals surface area contributed by atoms with Crippen molar-refractivity contribution in [2.75, 3.05) is 13.7 Å². The lowest BCUT2D eigenvalue weighted by molar-refractivity contribution is -0.400. The van der Waals surface area contributed by atoms with Crippen LogP contribution in [0.2, 0.25) is 0 Å². The van der Waals surface area contributed by atoms with Gasteiger partial charge in [0.1, 0.15) is 0 Å². The third kappa shape index (κ3) is 5.28. The maximum absolute atomic E-state index is 12.0. The van der Waals surface area contributed by atoms with Crippen LogP contribution in [0.1, 0.15) is 5.56 Å². The Kier molecular flexibility index (Phi) is 4.74. The number of hydrogen-bond donors (Lipinski definition) is 0. The monoisotopic (exact) mass is 277 g/mol. The number of nitro groups is 1. The number of methoxy groups -OCH3 is 1. The molecule has 0 aliphatic heterocycles. The van der Waals surface area contributed by atoms with Gasteiger partial charge < -0.3 is 9.47 Å². The van der Waals surface area contributed by atoms with E-state index in [9.17, 15) is 23.3 Å². The Balaban J connectivity index is 2.87. The quantitative estimate of drug-likeness (QED) is 0.613. The van der Waals surface area contributed by atoms with Gasteiger partial charge in [-0.3, -0.25) is 10.1 Å². The van der Waals surface area contributed by atoms with E-state index >= 15 is 0 Å². The van der Waals surface area contributed by atoms with Crippen LogP contribution < -0.4 is 9.47 Å². The molecule has 0 aliphatic rings. The SMILES string of the molecule is COc1cc(/C=C/[N+](=O)[O-])ccc1OCC(F)(F)F. The fraction of sp³-hybridized carbons (Fsp3) is 0.273. The average Bonchev–Trinajstić information content (AvgIpc) is 2.33. The molecule has 5 nitrogen and oxygen atoms in total. The van der Waals surface area contributed by atoms with E-state index in [1.165, 1.54) is 31.4 Å². The van der Waals surface area contributed by atoms with Crippen LogP contribution >= 0.6 is 0 Å². The largest absolute Gasteiger partial charge is 0.493 e. The lowest BCUT2D eigenvalue weighted by Gasteiger charge is -2.12. The molecule has 0 fully saturated rings. The molecule has 0 spiro atoms. The van der Waals surface area contributed by atoms with Crippen molar-refractivity contribution < 1.29 is 27.6 Å². The summed E-state index contributed by atoms with van der Waals surface area (Å²) >= 11 is 0. The average molecular weight is 277 g/mol. The molecule has 1 aromatic rings. The zero-order chi connectivity index (χ0) is 14.5. The molecule has 1 aromatic carbocycles. The highest BCUT2D eigenvalue weighted by Gasteiger charge is 2.28. The molecule has 104 valence electrons. The van der Waals surface area contributed by atoms with Gasteiger partial charge in [-0.2, -0.15) is 13.2 Å². The van der Waals surface area contributed by atoms with Gasteiger partial charge in [-0.25, -0.2) is 0 Å². The summed E-state index contributed by atoms with van der Waals surface area (Å²) in [6.45, 7) is -1.44. The van der Waals surface area contributed by atoms with Crippen molar-refractivity contribution in [2.45, 2.75) is 6.18 Å². The normalized spacial score (nSPS) is 11.6. The summed E-state index contributed by atoms with van der Waals surface area (Å²) in [4.78, 5) is 9.49. The first-order valence-electron chi connectivity index (χ1n) is 5.01. The Hall–Kier alpha value is -2.25. The second kappa shape index (κ2) is 6.07. The van der Waals surface area contributed by atoms with Gasteiger partial charge in [0, 0.05) is 6.08 Å². The summed E-state index contributed by atoms with van der Waals surface area (Å²) < 4.78 is 45.5. The van der Waals surface area contributed by atoms with Gasteiger partial charge in [-0.05, 0) is 17.7 Å². The molecule has 1 rings (SSSR count). The van der Waals surface area contributed by atoms with Crippen LogP contribution in [-0.2, 0) is 0 Å². The minimum absolute atomic E-state index is 0.0646. The maximum Gasteiger partial charge on any atom is 0.422 e. The van der Waals surface area contributed by atoms with Gasteiger partial charge in [0.25, 0.3) is 0 Å². The van der Waals surface area contributed by atoms with Crippen molar-refractivity contribution in [3.8, 4) is 11.5 Å². The minimum Gasteiger partial charge on any atom is -0.493 e. The number of nitrogens with zero attached hydrogens (tertiary/aromatic N) is 1. The summed E-state index contributed by atoms with van der Waals surface area (Å²) in [5.41, 5.74) is 0.410. The molecule has 0 aromatic heterocycles. The first-order valence-corrected chi connectivity index (χ1v) is 5.01. The fourth-order valence-electron chi connectivity index (χ4n) is 1.21. The second-order valence-electron chi connectivity index (χ2n) is 3.42. The van der Waals surface area contributed by atoms with Gasteiger partial charge in [-0.1, -0.05) is 6.07 Å². The molecule has 0 heterocycles. The standard InChI is InChI=1S/C11H10F3NO4/c1-18-10-6-8(4-5-15(16)17)2-3-9(10)19-7-11(12,13)14/h2-6H,7H2,1H3/b5-4+. The Morgan fingerprint density at radius 1 is 1.37 bits per heavy atom. The summed E-state index contributed by atoms with van der Waals surface area (Å²) in [6, 6.07) is 3.98. The zero-order valence-corrected chi connectivity index (χ0v) is 9.81. The number of halogens is 3. The molecule has 0 amide bonds. The number of rotatable bonds is 5. The Morgan fingerprint density at radius 2 is 2.05 bits per heavy atom. The van der Waals surface area contributed by atoms with Crippen molar-refractivity contribution in [2.24, 2.45) is 0 Å². The second-order valence-corrected chi connectivity index (χ2v) is 3.42. The lowest BCUT2D eigenvalue weighted by atomic mass is 10.2. The van der Waals surface area contributed by atoms with E-state index in [1.54, 1.807) is 0 Å². The van der Waals surface area contributed by atoms with Crippen LogP contribution in [0.15, 0.2) is 24.4 Å². The molecular weight excluding hydrogens is 267 g/mol. The highest BCUT2D eigenvalue weighted by Crippen LogP contribution is 2.30. The Morgan fingerprint density at radius 3 is 2.58 bits per heavy atom. The molecule has 0 saturated carbocycles. The first-order chi connectivity index (χ1) is 8.81. The predicted octanol–water partition coefficient (Wildman–Crippen LogP) is 2.88. The number of ether oxygens (including phenoxy) is 2. The van der Waals surface area contributed by atoms with E-state index in [4.69, 9.17) is 4.74 Å². The molecule has 0 bridgehead atoms. The third-order valence-corrected chi connectivity index (χ3v) is 1.97. The van der Waals surface area contributed by atoms with E-state index in [2.05, 4.69) is 4.74 Å². The predicted molar refractivity (Wildman–Crippen MR) is 60.6 cm³/mol. The highest BCUT2D eigenvalue weighted by atomic mass is 19.4. The molecular formula is C11H10F3NO4. The molecule has 0 atom stereocenters. The van der Waals surface area contributed by atoms with E-state index in [1.807, 2.05) is 0 Å². The van der Waals surface area contributed by atoms with Crippen molar-refractivity contribution in [1.82, 2.24) is 0 Å². The molecule has 0 radical (unpaired) electrons.